The van der Waals surface area contributed by atoms with Crippen molar-refractivity contribution in [3.63, 3.8) is 0 Å². The number of para-hydroxylation sites is 1. The maximum absolute atomic E-state index is 12.0. The number of carbonyl (C=O) groups excluding carboxylic acids is 1. The molecule has 3 N–H and O–H groups in total. The predicted octanol–water partition coefficient (Wildman–Crippen LogP) is 3.53. The fraction of sp³-hybridized carbons (Fsp3) is 0.391. The van der Waals surface area contributed by atoms with Crippen molar-refractivity contribution < 1.29 is 4.79 Å². The van der Waals surface area contributed by atoms with E-state index < -0.39 is 0 Å². The molecule has 2 aromatic carbocycles. The van der Waals surface area contributed by atoms with Crippen molar-refractivity contribution in [1.82, 2.24) is 10.6 Å². The first-order chi connectivity index (χ1) is 13.5. The molecule has 2 aromatic rings. The summed E-state index contributed by atoms with van der Waals surface area (Å²) in [6.07, 6.45) is 1.42. The zero-order chi connectivity index (χ0) is 19.9. The van der Waals surface area contributed by atoms with E-state index in [4.69, 9.17) is 4.99 Å². The van der Waals surface area contributed by atoms with Crippen LogP contribution < -0.4 is 16.0 Å². The number of guanidine groups is 1. The van der Waals surface area contributed by atoms with Gasteiger partial charge in [0.2, 0.25) is 5.91 Å². The van der Waals surface area contributed by atoms with E-state index in [9.17, 15) is 4.79 Å². The van der Waals surface area contributed by atoms with E-state index in [0.717, 1.165) is 36.7 Å². The second kappa shape index (κ2) is 9.40. The summed E-state index contributed by atoms with van der Waals surface area (Å²) in [7, 11) is 0. The lowest BCUT2D eigenvalue weighted by Gasteiger charge is -2.24. The number of amides is 1. The van der Waals surface area contributed by atoms with Crippen molar-refractivity contribution in [3.05, 3.63) is 64.7 Å². The lowest BCUT2D eigenvalue weighted by molar-refractivity contribution is -0.116. The zero-order valence-electron chi connectivity index (χ0n) is 17.0. The molecule has 0 saturated carbocycles. The molecule has 1 aliphatic heterocycles. The summed E-state index contributed by atoms with van der Waals surface area (Å²) in [6, 6.07) is 14.7. The molecule has 5 nitrogen and oxygen atoms in total. The molecule has 0 spiro atoms. The molecule has 3 rings (SSSR count). The molecule has 0 bridgehead atoms. The second-order valence-corrected chi connectivity index (χ2v) is 7.43. The van der Waals surface area contributed by atoms with Crippen LogP contribution in [0.3, 0.4) is 0 Å². The number of fused-ring (bicyclic) bond motifs is 1. The largest absolute Gasteiger partial charge is 0.357 e. The number of benzene rings is 2. The van der Waals surface area contributed by atoms with E-state index >= 15 is 0 Å². The molecule has 0 radical (unpaired) electrons. The summed E-state index contributed by atoms with van der Waals surface area (Å²) in [4.78, 5) is 16.8. The van der Waals surface area contributed by atoms with Gasteiger partial charge in [-0.2, -0.15) is 0 Å². The van der Waals surface area contributed by atoms with E-state index in [-0.39, 0.29) is 11.8 Å². The summed E-state index contributed by atoms with van der Waals surface area (Å²) in [5, 5.41) is 9.67. The first-order valence-electron chi connectivity index (χ1n) is 10.0. The lowest BCUT2D eigenvalue weighted by Crippen LogP contribution is -2.38. The Morgan fingerprint density at radius 1 is 1.14 bits per heavy atom. The highest BCUT2D eigenvalue weighted by Gasteiger charge is 2.24. The summed E-state index contributed by atoms with van der Waals surface area (Å²) in [6.45, 7) is 8.53. The van der Waals surface area contributed by atoms with Crippen molar-refractivity contribution in [1.29, 1.82) is 0 Å². The molecule has 1 amide bonds. The lowest BCUT2D eigenvalue weighted by atomic mass is 9.91. The Hall–Kier alpha value is -2.82. The van der Waals surface area contributed by atoms with E-state index in [2.05, 4.69) is 61.0 Å². The van der Waals surface area contributed by atoms with Crippen LogP contribution in [0.15, 0.2) is 47.5 Å². The van der Waals surface area contributed by atoms with Gasteiger partial charge in [0.05, 0.1) is 6.54 Å². The number of hydrogen-bond acceptors (Lipinski definition) is 2. The van der Waals surface area contributed by atoms with E-state index in [1.807, 2.05) is 18.2 Å². The fourth-order valence-corrected chi connectivity index (χ4v) is 3.75. The number of nitrogens with zero attached hydrogens (tertiary/aromatic N) is 1. The molecule has 0 saturated heterocycles. The highest BCUT2D eigenvalue weighted by atomic mass is 16.1. The Morgan fingerprint density at radius 3 is 2.64 bits per heavy atom. The van der Waals surface area contributed by atoms with Crippen molar-refractivity contribution in [2.45, 2.75) is 39.5 Å². The summed E-state index contributed by atoms with van der Waals surface area (Å²) < 4.78 is 0. The zero-order valence-corrected chi connectivity index (χ0v) is 17.0. The number of anilines is 1. The maximum atomic E-state index is 12.0. The third-order valence-electron chi connectivity index (χ3n) is 4.91. The quantitative estimate of drug-likeness (QED) is 0.532. The van der Waals surface area contributed by atoms with Gasteiger partial charge in [0.25, 0.3) is 0 Å². The van der Waals surface area contributed by atoms with Crippen molar-refractivity contribution in [2.24, 2.45) is 4.99 Å². The summed E-state index contributed by atoms with van der Waals surface area (Å²) >= 11 is 0. The SMILES string of the molecule is CCNC(=NCC1CC(=O)Nc2ccccc21)NCCc1cc(C)cc(C)c1. The molecular weight excluding hydrogens is 348 g/mol. The third kappa shape index (κ3) is 5.35. The number of carbonyl (C=O) groups is 1. The molecule has 0 aromatic heterocycles. The molecule has 28 heavy (non-hydrogen) atoms. The van der Waals surface area contributed by atoms with Gasteiger partial charge in [0.1, 0.15) is 0 Å². The molecule has 0 aliphatic carbocycles. The van der Waals surface area contributed by atoms with E-state index in [0.29, 0.717) is 13.0 Å². The topological polar surface area (TPSA) is 65.5 Å². The Kier molecular flexibility index (Phi) is 6.69. The molecule has 148 valence electrons. The van der Waals surface area contributed by atoms with Crippen LogP contribution in [0.25, 0.3) is 0 Å². The van der Waals surface area contributed by atoms with Gasteiger partial charge in [-0.1, -0.05) is 47.5 Å². The normalized spacial score (nSPS) is 16.3. The highest BCUT2D eigenvalue weighted by Crippen LogP contribution is 2.31. The van der Waals surface area contributed by atoms with Crippen molar-refractivity contribution in [3.8, 4) is 0 Å². The third-order valence-corrected chi connectivity index (χ3v) is 4.91. The Labute approximate surface area is 167 Å². The Bertz CT molecular complexity index is 839. The van der Waals surface area contributed by atoms with Crippen LogP contribution in [-0.2, 0) is 11.2 Å². The predicted molar refractivity (Wildman–Crippen MR) is 116 cm³/mol. The van der Waals surface area contributed by atoms with Crippen LogP contribution in [0.2, 0.25) is 0 Å². The van der Waals surface area contributed by atoms with Gasteiger partial charge in [0.15, 0.2) is 5.96 Å². The average molecular weight is 379 g/mol. The summed E-state index contributed by atoms with van der Waals surface area (Å²) in [5.41, 5.74) is 6.00. The molecule has 0 fully saturated rings. The van der Waals surface area contributed by atoms with Gasteiger partial charge in [0, 0.05) is 31.1 Å². The van der Waals surface area contributed by atoms with Crippen molar-refractivity contribution in [2.75, 3.05) is 25.0 Å². The van der Waals surface area contributed by atoms with Gasteiger partial charge >= 0.3 is 0 Å². The first kappa shape index (κ1) is 19.9. The van der Waals surface area contributed by atoms with Crippen LogP contribution in [0.5, 0.6) is 0 Å². The monoisotopic (exact) mass is 378 g/mol. The van der Waals surface area contributed by atoms with Crippen LogP contribution >= 0.6 is 0 Å². The van der Waals surface area contributed by atoms with Gasteiger partial charge in [-0.3, -0.25) is 9.79 Å². The molecule has 1 unspecified atom stereocenters. The summed E-state index contributed by atoms with van der Waals surface area (Å²) in [5.74, 6) is 0.974. The molecule has 5 heteroatoms. The second-order valence-electron chi connectivity index (χ2n) is 7.43. The minimum absolute atomic E-state index is 0.0617. The van der Waals surface area contributed by atoms with Gasteiger partial charge in [-0.25, -0.2) is 0 Å². The van der Waals surface area contributed by atoms with Gasteiger partial charge in [-0.15, -0.1) is 0 Å². The standard InChI is InChI=1S/C23H30N4O/c1-4-24-23(25-10-9-18-12-16(2)11-17(3)13-18)26-15-19-14-22(28)27-21-8-6-5-7-20(19)21/h5-8,11-13,19H,4,9-10,14-15H2,1-3H3,(H,27,28)(H2,24,25,26). The van der Waals surface area contributed by atoms with E-state index in [1.54, 1.807) is 0 Å². The molecule has 1 atom stereocenters. The van der Waals surface area contributed by atoms with Gasteiger partial charge < -0.3 is 16.0 Å². The Morgan fingerprint density at radius 2 is 1.89 bits per heavy atom. The average Bonchev–Trinajstić information content (AvgIpc) is 2.65. The molecule has 1 aliphatic rings. The maximum Gasteiger partial charge on any atom is 0.225 e. The number of nitrogens with one attached hydrogen (secondary N) is 3. The minimum Gasteiger partial charge on any atom is -0.357 e. The van der Waals surface area contributed by atoms with Crippen LogP contribution in [0.4, 0.5) is 5.69 Å². The van der Waals surface area contributed by atoms with Crippen LogP contribution in [0.1, 0.15) is 41.5 Å². The van der Waals surface area contributed by atoms with E-state index in [1.165, 1.54) is 16.7 Å². The Balaban J connectivity index is 1.62. The van der Waals surface area contributed by atoms with Crippen LogP contribution in [-0.4, -0.2) is 31.5 Å². The molecule has 1 heterocycles. The molecular formula is C23H30N4O. The number of rotatable bonds is 6. The first-order valence-corrected chi connectivity index (χ1v) is 10.0. The van der Waals surface area contributed by atoms with Gasteiger partial charge in [-0.05, 0) is 44.4 Å². The highest BCUT2D eigenvalue weighted by molar-refractivity contribution is 5.94. The number of aliphatic imine (C=N–C) groups is 1. The smallest absolute Gasteiger partial charge is 0.225 e. The van der Waals surface area contributed by atoms with Crippen LogP contribution in [0, 0.1) is 13.8 Å². The number of aryl methyl sites for hydroxylation is 2. The number of hydrogen-bond donors (Lipinski definition) is 3. The minimum atomic E-state index is 0.0617. The van der Waals surface area contributed by atoms with Crippen molar-refractivity contribution >= 4 is 17.6 Å². The fourth-order valence-electron chi connectivity index (χ4n) is 3.75.